The maximum Gasteiger partial charge on any atom is 0.246 e. The standard InChI is InChI=1S/C25H28N4O4/c1-18-22(19(2)33-27-18)17-32-23-6-4-20(16-24(23)31-3)5-7-25(30)29-14-12-28(13-15-29)21-8-10-26-11-9-21/h4-11,16H,12-15,17H2,1-3H3/b7-5+. The van der Waals surface area contributed by atoms with Crippen molar-refractivity contribution < 1.29 is 18.8 Å². The van der Waals surface area contributed by atoms with Gasteiger partial charge in [0.1, 0.15) is 12.4 Å². The SMILES string of the molecule is COc1cc(/C=C/C(=O)N2CCN(c3ccncc3)CC2)ccc1OCc1c(C)noc1C. The molecule has 8 heteroatoms. The molecule has 0 N–H and O–H groups in total. The lowest BCUT2D eigenvalue weighted by molar-refractivity contribution is -0.126. The lowest BCUT2D eigenvalue weighted by Gasteiger charge is -2.35. The number of carbonyl (C=O) groups is 1. The molecule has 0 aliphatic carbocycles. The summed E-state index contributed by atoms with van der Waals surface area (Å²) in [5.74, 6) is 1.96. The fourth-order valence-corrected chi connectivity index (χ4v) is 3.78. The molecule has 1 aliphatic heterocycles. The van der Waals surface area contributed by atoms with Crippen molar-refractivity contribution in [2.75, 3.05) is 38.2 Å². The van der Waals surface area contributed by atoms with Crippen LogP contribution < -0.4 is 14.4 Å². The largest absolute Gasteiger partial charge is 0.493 e. The van der Waals surface area contributed by atoms with Crippen LogP contribution in [0, 0.1) is 13.8 Å². The summed E-state index contributed by atoms with van der Waals surface area (Å²) in [6.45, 7) is 7.06. The molecule has 4 rings (SSSR count). The van der Waals surface area contributed by atoms with E-state index < -0.39 is 0 Å². The number of amides is 1. The molecule has 8 nitrogen and oxygen atoms in total. The number of aromatic nitrogens is 2. The number of carbonyl (C=O) groups excluding carboxylic acids is 1. The topological polar surface area (TPSA) is 80.9 Å². The van der Waals surface area contributed by atoms with Crippen molar-refractivity contribution >= 4 is 17.7 Å². The van der Waals surface area contributed by atoms with E-state index in [2.05, 4.69) is 15.0 Å². The highest BCUT2D eigenvalue weighted by atomic mass is 16.5. The van der Waals surface area contributed by atoms with Gasteiger partial charge in [0.25, 0.3) is 0 Å². The molecule has 2 aromatic heterocycles. The first kappa shape index (κ1) is 22.4. The lowest BCUT2D eigenvalue weighted by atomic mass is 10.1. The maximum absolute atomic E-state index is 12.7. The Balaban J connectivity index is 1.34. The molecule has 3 aromatic rings. The number of piperazine rings is 1. The Morgan fingerprint density at radius 2 is 1.85 bits per heavy atom. The Morgan fingerprint density at radius 3 is 2.52 bits per heavy atom. The quantitative estimate of drug-likeness (QED) is 0.511. The Hall–Kier alpha value is -3.81. The highest BCUT2D eigenvalue weighted by Crippen LogP contribution is 2.30. The van der Waals surface area contributed by atoms with E-state index in [-0.39, 0.29) is 5.91 Å². The smallest absolute Gasteiger partial charge is 0.246 e. The van der Waals surface area contributed by atoms with Crippen molar-refractivity contribution in [3.63, 3.8) is 0 Å². The first-order chi connectivity index (χ1) is 16.0. The lowest BCUT2D eigenvalue weighted by Crippen LogP contribution is -2.48. The van der Waals surface area contributed by atoms with E-state index in [1.165, 1.54) is 0 Å². The summed E-state index contributed by atoms with van der Waals surface area (Å²) in [6, 6.07) is 9.58. The third kappa shape index (κ3) is 5.34. The van der Waals surface area contributed by atoms with Gasteiger partial charge in [0.15, 0.2) is 11.5 Å². The van der Waals surface area contributed by atoms with Crippen LogP contribution in [0.2, 0.25) is 0 Å². The number of benzene rings is 1. The van der Waals surface area contributed by atoms with Crippen LogP contribution in [0.3, 0.4) is 0 Å². The number of methoxy groups -OCH3 is 1. The fourth-order valence-electron chi connectivity index (χ4n) is 3.78. The first-order valence-corrected chi connectivity index (χ1v) is 10.9. The van der Waals surface area contributed by atoms with Crippen LogP contribution >= 0.6 is 0 Å². The molecule has 172 valence electrons. The summed E-state index contributed by atoms with van der Waals surface area (Å²) in [5, 5.41) is 3.95. The minimum absolute atomic E-state index is 0.00193. The molecule has 0 radical (unpaired) electrons. The number of ether oxygens (including phenoxy) is 2. The number of hydrogen-bond donors (Lipinski definition) is 0. The van der Waals surface area contributed by atoms with E-state index in [1.54, 1.807) is 31.7 Å². The van der Waals surface area contributed by atoms with Crippen LogP contribution in [0.1, 0.15) is 22.6 Å². The summed E-state index contributed by atoms with van der Waals surface area (Å²) in [6.07, 6.45) is 6.99. The summed E-state index contributed by atoms with van der Waals surface area (Å²) in [7, 11) is 1.60. The fraction of sp³-hybridized carbons (Fsp3) is 0.320. The van der Waals surface area contributed by atoms with Crippen molar-refractivity contribution in [2.24, 2.45) is 0 Å². The number of rotatable bonds is 7. The summed E-state index contributed by atoms with van der Waals surface area (Å²) in [5.41, 5.74) is 3.73. The van der Waals surface area contributed by atoms with E-state index in [0.717, 1.165) is 41.4 Å². The van der Waals surface area contributed by atoms with Gasteiger partial charge in [-0.05, 0) is 49.8 Å². The van der Waals surface area contributed by atoms with Crippen LogP contribution in [-0.4, -0.2) is 54.2 Å². The van der Waals surface area contributed by atoms with Crippen LogP contribution in [0.5, 0.6) is 11.5 Å². The normalized spacial score (nSPS) is 14.0. The molecule has 3 heterocycles. The average Bonchev–Trinajstić information content (AvgIpc) is 3.18. The first-order valence-electron chi connectivity index (χ1n) is 10.9. The van der Waals surface area contributed by atoms with Gasteiger partial charge in [-0.2, -0.15) is 0 Å². The second kappa shape index (κ2) is 10.2. The minimum atomic E-state index is 0.00193. The molecule has 0 spiro atoms. The van der Waals surface area contributed by atoms with Gasteiger partial charge >= 0.3 is 0 Å². The number of hydrogen-bond acceptors (Lipinski definition) is 7. The Kier molecular flexibility index (Phi) is 6.92. The third-order valence-electron chi connectivity index (χ3n) is 5.78. The molecule has 1 amide bonds. The Labute approximate surface area is 193 Å². The van der Waals surface area contributed by atoms with Gasteiger partial charge in [0.05, 0.1) is 18.4 Å². The second-order valence-electron chi connectivity index (χ2n) is 7.85. The minimum Gasteiger partial charge on any atom is -0.493 e. The molecule has 1 fully saturated rings. The number of nitrogens with zero attached hydrogens (tertiary/aromatic N) is 4. The van der Waals surface area contributed by atoms with E-state index in [4.69, 9.17) is 14.0 Å². The van der Waals surface area contributed by atoms with Crippen LogP contribution in [0.25, 0.3) is 6.08 Å². The number of anilines is 1. The van der Waals surface area contributed by atoms with E-state index >= 15 is 0 Å². The van der Waals surface area contributed by atoms with Crippen molar-refractivity contribution in [1.29, 1.82) is 0 Å². The zero-order chi connectivity index (χ0) is 23.2. The van der Waals surface area contributed by atoms with Gasteiger partial charge in [0.2, 0.25) is 5.91 Å². The molecule has 0 atom stereocenters. The summed E-state index contributed by atoms with van der Waals surface area (Å²) < 4.78 is 16.6. The van der Waals surface area contributed by atoms with E-state index in [0.29, 0.717) is 31.2 Å². The highest BCUT2D eigenvalue weighted by Gasteiger charge is 2.20. The molecule has 33 heavy (non-hydrogen) atoms. The maximum atomic E-state index is 12.7. The molecule has 0 saturated carbocycles. The third-order valence-corrected chi connectivity index (χ3v) is 5.78. The summed E-state index contributed by atoms with van der Waals surface area (Å²) in [4.78, 5) is 20.9. The van der Waals surface area contributed by atoms with Gasteiger partial charge < -0.3 is 23.8 Å². The zero-order valence-electron chi connectivity index (χ0n) is 19.2. The van der Waals surface area contributed by atoms with Crippen LogP contribution in [0.15, 0.2) is 53.3 Å². The molecular weight excluding hydrogens is 420 g/mol. The van der Waals surface area contributed by atoms with Crippen molar-refractivity contribution in [3.8, 4) is 11.5 Å². The van der Waals surface area contributed by atoms with Gasteiger partial charge in [-0.3, -0.25) is 9.78 Å². The molecule has 1 aromatic carbocycles. The molecule has 1 aliphatic rings. The van der Waals surface area contributed by atoms with Crippen LogP contribution in [-0.2, 0) is 11.4 Å². The van der Waals surface area contributed by atoms with Crippen LogP contribution in [0.4, 0.5) is 5.69 Å². The van der Waals surface area contributed by atoms with Crippen molar-refractivity contribution in [1.82, 2.24) is 15.0 Å². The number of pyridine rings is 1. The average molecular weight is 449 g/mol. The Bertz CT molecular complexity index is 1100. The highest BCUT2D eigenvalue weighted by molar-refractivity contribution is 5.92. The monoisotopic (exact) mass is 448 g/mol. The van der Waals surface area contributed by atoms with Gasteiger partial charge in [-0.25, -0.2) is 0 Å². The van der Waals surface area contributed by atoms with Crippen molar-refractivity contribution in [3.05, 3.63) is 71.4 Å². The van der Waals surface area contributed by atoms with Gasteiger partial charge in [-0.15, -0.1) is 0 Å². The molecular formula is C25H28N4O4. The Morgan fingerprint density at radius 1 is 1.09 bits per heavy atom. The van der Waals surface area contributed by atoms with Crippen molar-refractivity contribution in [2.45, 2.75) is 20.5 Å². The molecule has 1 saturated heterocycles. The van der Waals surface area contributed by atoms with Gasteiger partial charge in [0, 0.05) is 50.3 Å². The second-order valence-corrected chi connectivity index (χ2v) is 7.85. The van der Waals surface area contributed by atoms with E-state index in [9.17, 15) is 4.79 Å². The summed E-state index contributed by atoms with van der Waals surface area (Å²) >= 11 is 0. The van der Waals surface area contributed by atoms with E-state index in [1.807, 2.05) is 49.1 Å². The number of aryl methyl sites for hydroxylation is 2. The molecule has 0 unspecified atom stereocenters. The molecule has 0 bridgehead atoms. The zero-order valence-corrected chi connectivity index (χ0v) is 19.2. The van der Waals surface area contributed by atoms with Gasteiger partial charge in [-0.1, -0.05) is 11.2 Å². The predicted octanol–water partition coefficient (Wildman–Crippen LogP) is 3.64. The predicted molar refractivity (Wildman–Crippen MR) is 125 cm³/mol.